The van der Waals surface area contributed by atoms with Crippen molar-refractivity contribution in [3.8, 4) is 0 Å². The van der Waals surface area contributed by atoms with Crippen LogP contribution in [-0.4, -0.2) is 4.98 Å². The molecule has 0 aliphatic heterocycles. The van der Waals surface area contributed by atoms with Crippen LogP contribution in [0.4, 0.5) is 0 Å². The first-order valence-electron chi connectivity index (χ1n) is 4.59. The molecular formula is C15H14IrN. The number of hydrogen-bond donors (Lipinski definition) is 0. The molecule has 3 aromatic rings. The maximum absolute atomic E-state index is 4.38. The molecule has 0 aliphatic rings. The summed E-state index contributed by atoms with van der Waals surface area (Å²) in [6.07, 6.45) is 1.82. The van der Waals surface area contributed by atoms with Crippen molar-refractivity contribution in [1.82, 2.24) is 4.98 Å². The van der Waals surface area contributed by atoms with Crippen molar-refractivity contribution in [2.45, 2.75) is 0 Å². The molecule has 1 nitrogen and oxygen atoms in total. The molecule has 0 radical (unpaired) electrons. The van der Waals surface area contributed by atoms with Gasteiger partial charge in [-0.3, -0.25) is 0 Å². The second kappa shape index (κ2) is 6.48. The first-order valence-corrected chi connectivity index (χ1v) is 4.59. The molecule has 0 unspecified atom stereocenters. The van der Waals surface area contributed by atoms with Crippen molar-refractivity contribution in [3.05, 3.63) is 69.6 Å². The monoisotopic (exact) mass is 401 g/mol. The fourth-order valence-electron chi connectivity index (χ4n) is 1.73. The zero-order valence-electron chi connectivity index (χ0n) is 9.90. The Bertz CT molecular complexity index is 550. The molecule has 17 heavy (non-hydrogen) atoms. The van der Waals surface area contributed by atoms with Gasteiger partial charge in [-0.05, 0) is 17.0 Å². The summed E-state index contributed by atoms with van der Waals surface area (Å²) in [6.45, 7) is 0. The summed E-state index contributed by atoms with van der Waals surface area (Å²) in [7, 11) is 0. The first-order chi connectivity index (χ1) is 6.95. The number of benzene rings is 2. The maximum atomic E-state index is 4.38. The van der Waals surface area contributed by atoms with Gasteiger partial charge in [0, 0.05) is 6.20 Å². The van der Waals surface area contributed by atoms with Crippen molar-refractivity contribution in [1.29, 1.82) is 0 Å². The molecule has 1 aromatic heterocycles. The maximum Gasteiger partial charge on any atom is 3.00 e. The molecule has 0 saturated heterocycles. The minimum atomic E-state index is 0. The summed E-state index contributed by atoms with van der Waals surface area (Å²) < 4.78 is 0. The number of nitrogens with zero attached hydrogens (tertiary/aromatic N) is 1. The van der Waals surface area contributed by atoms with Crippen LogP contribution < -0.4 is 0 Å². The second-order valence-electron chi connectivity index (χ2n) is 3.28. The Morgan fingerprint density at radius 1 is 0.882 bits per heavy atom. The van der Waals surface area contributed by atoms with Crippen LogP contribution in [0.2, 0.25) is 0 Å². The van der Waals surface area contributed by atoms with Gasteiger partial charge in [0.05, 0.1) is 0 Å². The molecule has 0 aliphatic carbocycles. The van der Waals surface area contributed by atoms with Gasteiger partial charge in [-0.25, -0.2) is 0 Å². The topological polar surface area (TPSA) is 12.9 Å². The summed E-state index contributed by atoms with van der Waals surface area (Å²) in [6, 6.07) is 17.5. The van der Waals surface area contributed by atoms with Gasteiger partial charge < -0.3 is 19.8 Å². The molecule has 3 rings (SSSR count). The van der Waals surface area contributed by atoms with E-state index < -0.39 is 0 Å². The van der Waals surface area contributed by atoms with Crippen LogP contribution in [0, 0.1) is 20.9 Å². The van der Waals surface area contributed by atoms with Crippen molar-refractivity contribution < 1.29 is 20.1 Å². The molecule has 2 aromatic carbocycles. The summed E-state index contributed by atoms with van der Waals surface area (Å²) >= 11 is 0. The smallest absolute Gasteiger partial charge is 0.358 e. The predicted octanol–water partition coefficient (Wildman–Crippen LogP) is 4.09. The molecule has 0 spiro atoms. The third-order valence-electron chi connectivity index (χ3n) is 2.41. The summed E-state index contributed by atoms with van der Waals surface area (Å²) in [4.78, 5) is 4.38. The van der Waals surface area contributed by atoms with Crippen LogP contribution in [0.3, 0.4) is 0 Å². The Kier molecular flexibility index (Phi) is 6.01. The average Bonchev–Trinajstić information content (AvgIpc) is 2.29. The second-order valence-corrected chi connectivity index (χ2v) is 3.28. The van der Waals surface area contributed by atoms with Gasteiger partial charge in [-0.15, -0.1) is 35.0 Å². The van der Waals surface area contributed by atoms with Gasteiger partial charge in [0.15, 0.2) is 0 Å². The molecular weight excluding hydrogens is 386 g/mol. The average molecular weight is 401 g/mol. The van der Waals surface area contributed by atoms with E-state index in [1.807, 2.05) is 24.4 Å². The normalized spacial score (nSPS) is 8.94. The van der Waals surface area contributed by atoms with E-state index in [0.29, 0.717) is 0 Å². The van der Waals surface area contributed by atoms with E-state index in [-0.39, 0.29) is 35.0 Å². The van der Waals surface area contributed by atoms with Crippen molar-refractivity contribution in [2.24, 2.45) is 0 Å². The van der Waals surface area contributed by atoms with Gasteiger partial charge in [-0.2, -0.15) is 0 Å². The van der Waals surface area contributed by atoms with Crippen molar-refractivity contribution in [2.75, 3.05) is 0 Å². The number of rotatable bonds is 0. The van der Waals surface area contributed by atoms with E-state index in [1.165, 1.54) is 10.8 Å². The quantitative estimate of drug-likeness (QED) is 0.409. The molecule has 1 heterocycles. The third kappa shape index (κ3) is 2.71. The molecule has 0 amide bonds. The molecule has 0 atom stereocenters. The largest absolute Gasteiger partial charge is 3.00 e. The molecule has 0 saturated carbocycles. The number of aromatic nitrogens is 1. The summed E-state index contributed by atoms with van der Waals surface area (Å²) in [5.41, 5.74) is 1.03. The Morgan fingerprint density at radius 2 is 1.59 bits per heavy atom. The third-order valence-corrected chi connectivity index (χ3v) is 2.41. The summed E-state index contributed by atoms with van der Waals surface area (Å²) in [5.74, 6) is 0. The fourth-order valence-corrected chi connectivity index (χ4v) is 1.73. The van der Waals surface area contributed by atoms with Crippen molar-refractivity contribution >= 4 is 21.7 Å². The molecule has 0 fully saturated rings. The molecule has 0 N–H and O–H groups in total. The van der Waals surface area contributed by atoms with E-state index in [0.717, 1.165) is 10.9 Å². The molecule has 88 valence electrons. The zero-order valence-corrected chi connectivity index (χ0v) is 12.3. The fraction of sp³-hybridized carbons (Fsp3) is 0. The molecule has 2 heteroatoms. The van der Waals surface area contributed by atoms with E-state index >= 15 is 0 Å². The van der Waals surface area contributed by atoms with E-state index in [1.54, 1.807) is 0 Å². The van der Waals surface area contributed by atoms with E-state index in [9.17, 15) is 0 Å². The van der Waals surface area contributed by atoms with Gasteiger partial charge in [0.1, 0.15) is 0 Å². The van der Waals surface area contributed by atoms with Crippen LogP contribution in [0.15, 0.2) is 48.7 Å². The number of pyridine rings is 1. The van der Waals surface area contributed by atoms with Crippen LogP contribution >= 0.6 is 0 Å². The van der Waals surface area contributed by atoms with Gasteiger partial charge in [0.25, 0.3) is 0 Å². The van der Waals surface area contributed by atoms with Crippen molar-refractivity contribution in [3.63, 3.8) is 0 Å². The van der Waals surface area contributed by atoms with Crippen LogP contribution in [-0.2, 0) is 20.1 Å². The predicted molar refractivity (Wildman–Crippen MR) is 70.9 cm³/mol. The van der Waals surface area contributed by atoms with E-state index in [2.05, 4.69) is 35.3 Å². The van der Waals surface area contributed by atoms with Gasteiger partial charge >= 0.3 is 20.1 Å². The molecule has 0 bridgehead atoms. The minimum absolute atomic E-state index is 0. The summed E-state index contributed by atoms with van der Waals surface area (Å²) in [5, 5.41) is 3.46. The first kappa shape index (κ1) is 15.8. The Hall–Kier alpha value is -1.24. The van der Waals surface area contributed by atoms with Crippen LogP contribution in [0.25, 0.3) is 21.7 Å². The zero-order chi connectivity index (χ0) is 9.38. The van der Waals surface area contributed by atoms with Crippen LogP contribution in [0.5, 0.6) is 0 Å². The Morgan fingerprint density at radius 3 is 2.41 bits per heavy atom. The van der Waals surface area contributed by atoms with Crippen LogP contribution in [0.1, 0.15) is 0 Å². The standard InChI is InChI=1S/C13H8N.2CH3.Ir/c1-2-6-12-10(4-1)7-8-11-5-3-9-14-13(11)12;;;/h1-5,7-9H;2*1H3;/q3*-1;+3. The SMILES string of the molecule is [CH3-].[CH3-].[Ir+3].[c-]1cccc2ccc3cccnc3c12. The Labute approximate surface area is 116 Å². The van der Waals surface area contributed by atoms with Gasteiger partial charge in [0.2, 0.25) is 0 Å². The number of fused-ring (bicyclic) bond motifs is 3. The Balaban J connectivity index is 0.000000853. The minimum Gasteiger partial charge on any atom is -0.358 e. The van der Waals surface area contributed by atoms with Gasteiger partial charge in [-0.1, -0.05) is 18.2 Å². The number of hydrogen-bond acceptors (Lipinski definition) is 1. The van der Waals surface area contributed by atoms with E-state index in [4.69, 9.17) is 0 Å².